The summed E-state index contributed by atoms with van der Waals surface area (Å²) >= 11 is 0. The molecule has 0 spiro atoms. The lowest BCUT2D eigenvalue weighted by Crippen LogP contribution is -2.55. The van der Waals surface area contributed by atoms with Crippen LogP contribution in [0.15, 0.2) is 31.6 Å². The van der Waals surface area contributed by atoms with E-state index in [2.05, 4.69) is 30.4 Å². The van der Waals surface area contributed by atoms with Crippen molar-refractivity contribution in [3.63, 3.8) is 0 Å². The molecule has 6 aliphatic heterocycles. The molecule has 8 rings (SSSR count). The normalized spacial score (nSPS) is 26.0. The molecule has 6 unspecified atom stereocenters. The number of rotatable bonds is 20. The number of likely N-dealkylation sites (tertiary alicyclic amines) is 2. The number of H-pyrrole nitrogens is 2. The SMILES string of the molecule is CC[C@H]1O[C@@H](n2cc(C)c(=O)[nH]c2=O)CC1OC(=O)OCCN(CC1CCCCN1)CC1CCCCN1.CC[C@H]1O[C@@H](n2cc(C)c(=O)[nH]c2=O)CC1OC(=O)OCCN(CC1CCCCN1C(=O)OC(C)(C)C)CC1CCCCN1C(=O)OC(C)(C)C. The predicted octanol–water partition coefficient (Wildman–Crippen LogP) is 6.60. The molecule has 26 nitrogen and oxygen atoms in total. The molecule has 0 aromatic carbocycles. The first kappa shape index (κ1) is 69.7. The fraction of sp³-hybridized carbons (Fsp3) is 0.806. The highest BCUT2D eigenvalue weighted by Crippen LogP contribution is 2.34. The van der Waals surface area contributed by atoms with Gasteiger partial charge in [-0.1, -0.05) is 26.7 Å². The van der Waals surface area contributed by atoms with E-state index in [0.29, 0.717) is 81.7 Å². The van der Waals surface area contributed by atoms with Crippen LogP contribution < -0.4 is 33.1 Å². The Morgan fingerprint density at radius 2 is 0.943 bits per heavy atom. The van der Waals surface area contributed by atoms with Gasteiger partial charge in [-0.2, -0.15) is 0 Å². The van der Waals surface area contributed by atoms with Gasteiger partial charge < -0.3 is 58.3 Å². The van der Waals surface area contributed by atoms with Crippen molar-refractivity contribution in [3.05, 3.63) is 65.2 Å². The van der Waals surface area contributed by atoms with Gasteiger partial charge in [0.05, 0.1) is 12.2 Å². The maximum atomic E-state index is 13.2. The van der Waals surface area contributed by atoms with Gasteiger partial charge in [0, 0.05) is 113 Å². The summed E-state index contributed by atoms with van der Waals surface area (Å²) in [5.74, 6) is 0. The molecule has 496 valence electrons. The molecule has 2 aromatic rings. The summed E-state index contributed by atoms with van der Waals surface area (Å²) in [4.78, 5) is 113. The van der Waals surface area contributed by atoms with E-state index in [1.165, 1.54) is 60.1 Å². The topological polar surface area (TPSA) is 289 Å². The molecular formula is C62H102N10O16. The number of nitrogens with zero attached hydrogens (tertiary/aromatic N) is 6. The summed E-state index contributed by atoms with van der Waals surface area (Å²) in [7, 11) is 0. The van der Waals surface area contributed by atoms with Crippen LogP contribution in [0.5, 0.6) is 0 Å². The summed E-state index contributed by atoms with van der Waals surface area (Å²) in [5, 5.41) is 7.24. The largest absolute Gasteiger partial charge is 0.508 e. The van der Waals surface area contributed by atoms with Gasteiger partial charge in [0.15, 0.2) is 0 Å². The fourth-order valence-electron chi connectivity index (χ4n) is 12.5. The molecule has 88 heavy (non-hydrogen) atoms. The second-order valence-electron chi connectivity index (χ2n) is 26.5. The zero-order valence-corrected chi connectivity index (χ0v) is 53.9. The van der Waals surface area contributed by atoms with Gasteiger partial charge in [0.1, 0.15) is 49.1 Å². The van der Waals surface area contributed by atoms with E-state index in [9.17, 15) is 38.4 Å². The third kappa shape index (κ3) is 21.2. The summed E-state index contributed by atoms with van der Waals surface area (Å²) in [6.07, 6.45) is 11.7. The third-order valence-corrected chi connectivity index (χ3v) is 17.1. The number of hydrogen-bond acceptors (Lipinski definition) is 20. The Hall–Kier alpha value is -5.80. The van der Waals surface area contributed by atoms with Crippen LogP contribution in [-0.2, 0) is 37.9 Å². The van der Waals surface area contributed by atoms with Crippen LogP contribution in [0.25, 0.3) is 0 Å². The highest BCUT2D eigenvalue weighted by molar-refractivity contribution is 5.69. The lowest BCUT2D eigenvalue weighted by Gasteiger charge is -2.42. The Balaban J connectivity index is 0.000000264. The van der Waals surface area contributed by atoms with Crippen LogP contribution in [0.1, 0.15) is 182 Å². The number of carbonyl (C=O) groups excluding carboxylic acids is 4. The van der Waals surface area contributed by atoms with Crippen LogP contribution in [0.4, 0.5) is 19.2 Å². The highest BCUT2D eigenvalue weighted by Gasteiger charge is 2.41. The van der Waals surface area contributed by atoms with Crippen molar-refractivity contribution in [3.8, 4) is 0 Å². The lowest BCUT2D eigenvalue weighted by molar-refractivity contribution is -0.0390. The fourth-order valence-corrected chi connectivity index (χ4v) is 12.5. The van der Waals surface area contributed by atoms with Crippen LogP contribution in [0.3, 0.4) is 0 Å². The van der Waals surface area contributed by atoms with Crippen LogP contribution in [0, 0.1) is 13.8 Å². The molecule has 0 aliphatic carbocycles. The number of amides is 2. The number of aromatic nitrogens is 4. The second-order valence-corrected chi connectivity index (χ2v) is 26.5. The molecule has 0 bridgehead atoms. The molecule has 26 heteroatoms. The quantitative estimate of drug-likeness (QED) is 0.0802. The van der Waals surface area contributed by atoms with Gasteiger partial charge in [-0.05, 0) is 146 Å². The van der Waals surface area contributed by atoms with Crippen molar-refractivity contribution < 1.29 is 57.1 Å². The minimum absolute atomic E-state index is 0.0174. The first-order valence-electron chi connectivity index (χ1n) is 32.4. The van der Waals surface area contributed by atoms with Crippen molar-refractivity contribution in [2.45, 2.75) is 244 Å². The smallest absolute Gasteiger partial charge is 0.444 e. The maximum Gasteiger partial charge on any atom is 0.508 e. The first-order valence-corrected chi connectivity index (χ1v) is 32.4. The Morgan fingerprint density at radius 3 is 1.31 bits per heavy atom. The van der Waals surface area contributed by atoms with Gasteiger partial charge in [0.2, 0.25) is 0 Å². The molecule has 8 heterocycles. The summed E-state index contributed by atoms with van der Waals surface area (Å²) in [6.45, 7) is 25.7. The molecule has 10 atom stereocenters. The third-order valence-electron chi connectivity index (χ3n) is 17.1. The summed E-state index contributed by atoms with van der Waals surface area (Å²) in [6, 6.07) is 0.721. The molecule has 6 saturated heterocycles. The van der Waals surface area contributed by atoms with E-state index in [1.807, 2.05) is 55.4 Å². The van der Waals surface area contributed by atoms with Gasteiger partial charge >= 0.3 is 35.9 Å². The maximum absolute atomic E-state index is 13.2. The van der Waals surface area contributed by atoms with Crippen LogP contribution in [0.2, 0.25) is 0 Å². The number of aryl methyl sites for hydroxylation is 2. The van der Waals surface area contributed by atoms with Gasteiger partial charge in [-0.25, -0.2) is 28.8 Å². The van der Waals surface area contributed by atoms with Gasteiger partial charge in [-0.3, -0.25) is 38.5 Å². The average molecular weight is 1240 g/mol. The number of nitrogens with one attached hydrogen (secondary N) is 4. The van der Waals surface area contributed by atoms with E-state index in [1.54, 1.807) is 23.6 Å². The zero-order chi connectivity index (χ0) is 63.7. The van der Waals surface area contributed by atoms with Crippen molar-refractivity contribution in [2.24, 2.45) is 0 Å². The molecule has 6 aliphatic rings. The Kier molecular flexibility index (Phi) is 26.0. The molecule has 2 amide bonds. The van der Waals surface area contributed by atoms with Crippen LogP contribution in [-0.4, -0.2) is 202 Å². The number of aromatic amines is 2. The molecule has 4 N–H and O–H groups in total. The Bertz CT molecular complexity index is 2750. The van der Waals surface area contributed by atoms with Crippen molar-refractivity contribution in [2.75, 3.05) is 78.7 Å². The van der Waals surface area contributed by atoms with Gasteiger partial charge in [0.25, 0.3) is 11.1 Å². The average Bonchev–Trinajstić information content (AvgIpc) is 3.87. The molecule has 0 radical (unpaired) electrons. The van der Waals surface area contributed by atoms with Crippen molar-refractivity contribution in [1.82, 2.24) is 49.3 Å². The number of carbonyl (C=O) groups is 4. The minimum Gasteiger partial charge on any atom is -0.444 e. The first-order chi connectivity index (χ1) is 41.9. The Labute approximate surface area is 517 Å². The second kappa shape index (κ2) is 32.8. The highest BCUT2D eigenvalue weighted by atomic mass is 16.7. The minimum atomic E-state index is -0.853. The van der Waals surface area contributed by atoms with Crippen LogP contribution >= 0.6 is 0 Å². The lowest BCUT2D eigenvalue weighted by atomic mass is 9.99. The van der Waals surface area contributed by atoms with E-state index in [-0.39, 0.29) is 50.0 Å². The monoisotopic (exact) mass is 1240 g/mol. The van der Waals surface area contributed by atoms with E-state index < -0.39 is 76.8 Å². The van der Waals surface area contributed by atoms with E-state index in [0.717, 1.165) is 64.7 Å². The summed E-state index contributed by atoms with van der Waals surface area (Å²) < 4.78 is 48.6. The summed E-state index contributed by atoms with van der Waals surface area (Å²) in [5.41, 5.74) is -2.50. The van der Waals surface area contributed by atoms with Crippen molar-refractivity contribution in [1.29, 1.82) is 0 Å². The molecule has 0 saturated carbocycles. The standard InChI is InChI=1S/C36H59N5O10.C26H43N5O6/c1-9-27-28(20-29(48-27)41-21-24(2)30(42)37-31(41)43)49-34(46)47-19-18-38(22-25-14-10-12-16-39(25)32(44)50-35(3,4)5)23-26-15-11-13-17-40(26)33(45)51-36(6,7)8;1-3-21-22(14-23(36-21)31-15-18(2)24(32)29-25(31)33)37-26(34)35-13-12-30(16-19-8-4-6-10-27-19)17-20-9-5-7-11-28-20/h21,25-29H,9-20,22-23H2,1-8H3,(H,37,42,43);15,19-23,27-28H,3-14,16-17H2,1-2H3,(H,29,32,33)/t25?,26?,27-,28?,29-;19?,20?,21-,22?,23-/m11/s1. The Morgan fingerprint density at radius 1 is 0.557 bits per heavy atom. The number of ether oxygens (including phenoxy) is 8. The van der Waals surface area contributed by atoms with Gasteiger partial charge in [-0.15, -0.1) is 0 Å². The zero-order valence-electron chi connectivity index (χ0n) is 53.9. The molecule has 2 aromatic heterocycles. The van der Waals surface area contributed by atoms with E-state index in [4.69, 9.17) is 37.9 Å². The molecular weight excluding hydrogens is 1140 g/mol. The van der Waals surface area contributed by atoms with Crippen molar-refractivity contribution >= 4 is 24.5 Å². The number of hydrogen-bond donors (Lipinski definition) is 4. The predicted molar refractivity (Wildman–Crippen MR) is 328 cm³/mol. The number of piperidine rings is 4. The van der Waals surface area contributed by atoms with E-state index >= 15 is 0 Å². The molecule has 6 fully saturated rings.